The molecule has 3 aromatic rings. The van der Waals surface area contributed by atoms with E-state index in [1.54, 1.807) is 24.5 Å². The van der Waals surface area contributed by atoms with Gasteiger partial charge in [-0.25, -0.2) is 9.67 Å². The Morgan fingerprint density at radius 2 is 2.06 bits per heavy atom. The molecule has 186 valence electrons. The van der Waals surface area contributed by atoms with Gasteiger partial charge in [-0.05, 0) is 61.6 Å². The number of benzene rings is 1. The summed E-state index contributed by atoms with van der Waals surface area (Å²) >= 11 is 0. The van der Waals surface area contributed by atoms with Crippen molar-refractivity contribution in [2.24, 2.45) is 5.73 Å². The van der Waals surface area contributed by atoms with Crippen molar-refractivity contribution in [1.82, 2.24) is 29.9 Å². The number of ether oxygens (including phenoxy) is 1. The Hall–Kier alpha value is -4.30. The second-order valence-electron chi connectivity index (χ2n) is 8.84. The number of piperidine rings is 1. The van der Waals surface area contributed by atoms with E-state index >= 15 is 0 Å². The standard InChI is InChI=1S/C25H29N9O2/c1-17-12-19(4-3-8-26)13-18(2)24(17)36-23-5-9-28-25(30-23)29-20-6-10-33(11-7-20)14-21-15-34(32-31-21)16-22(27)35/h3-5,9,12-13,15,20H,6-7,10-11,14,16H2,1-2H3,(H2,27,35)(H,28,29,30)/b4-3+. The third-order valence-electron chi connectivity index (χ3n) is 5.88. The molecule has 0 radical (unpaired) electrons. The van der Waals surface area contributed by atoms with E-state index in [1.165, 1.54) is 10.8 Å². The van der Waals surface area contributed by atoms with Crippen LogP contribution in [-0.4, -0.2) is 54.9 Å². The van der Waals surface area contributed by atoms with Crippen LogP contribution in [0.5, 0.6) is 11.6 Å². The van der Waals surface area contributed by atoms with E-state index in [0.717, 1.165) is 54.1 Å². The fraction of sp³-hybridized carbons (Fsp3) is 0.360. The molecule has 0 atom stereocenters. The minimum atomic E-state index is -0.442. The van der Waals surface area contributed by atoms with E-state index in [1.807, 2.05) is 32.0 Å². The molecule has 4 rings (SSSR count). The smallest absolute Gasteiger partial charge is 0.239 e. The average Bonchev–Trinajstić information content (AvgIpc) is 3.27. The molecule has 1 aliphatic rings. The summed E-state index contributed by atoms with van der Waals surface area (Å²) in [5, 5.41) is 20.2. The van der Waals surface area contributed by atoms with Crippen LogP contribution in [-0.2, 0) is 17.9 Å². The molecule has 36 heavy (non-hydrogen) atoms. The van der Waals surface area contributed by atoms with Gasteiger partial charge in [0.2, 0.25) is 17.7 Å². The monoisotopic (exact) mass is 487 g/mol. The first-order valence-electron chi connectivity index (χ1n) is 11.7. The zero-order valence-electron chi connectivity index (χ0n) is 20.4. The maximum absolute atomic E-state index is 11.0. The van der Waals surface area contributed by atoms with E-state index in [9.17, 15) is 4.79 Å². The first kappa shape index (κ1) is 24.8. The number of anilines is 1. The minimum absolute atomic E-state index is 0.0336. The molecule has 0 unspecified atom stereocenters. The fourth-order valence-electron chi connectivity index (χ4n) is 4.24. The predicted molar refractivity (Wildman–Crippen MR) is 134 cm³/mol. The highest BCUT2D eigenvalue weighted by atomic mass is 16.5. The van der Waals surface area contributed by atoms with Crippen LogP contribution in [0, 0.1) is 25.2 Å². The van der Waals surface area contributed by atoms with Crippen LogP contribution in [0.4, 0.5) is 5.95 Å². The lowest BCUT2D eigenvalue weighted by Gasteiger charge is -2.31. The summed E-state index contributed by atoms with van der Waals surface area (Å²) in [4.78, 5) is 22.3. The first-order chi connectivity index (χ1) is 17.4. The van der Waals surface area contributed by atoms with Crippen molar-refractivity contribution in [3.8, 4) is 17.7 Å². The fourth-order valence-corrected chi connectivity index (χ4v) is 4.24. The van der Waals surface area contributed by atoms with Crippen molar-refractivity contribution in [1.29, 1.82) is 5.26 Å². The van der Waals surface area contributed by atoms with Crippen molar-refractivity contribution >= 4 is 17.9 Å². The molecular formula is C25H29N9O2. The molecule has 1 fully saturated rings. The summed E-state index contributed by atoms with van der Waals surface area (Å²) in [6.45, 7) is 6.43. The van der Waals surface area contributed by atoms with Gasteiger partial charge in [0, 0.05) is 44.0 Å². The average molecular weight is 488 g/mol. The second kappa shape index (κ2) is 11.4. The third-order valence-corrected chi connectivity index (χ3v) is 5.88. The van der Waals surface area contributed by atoms with Crippen molar-refractivity contribution < 1.29 is 9.53 Å². The van der Waals surface area contributed by atoms with Gasteiger partial charge in [0.15, 0.2) is 0 Å². The van der Waals surface area contributed by atoms with Gasteiger partial charge in [0.1, 0.15) is 12.3 Å². The number of hydrogen-bond acceptors (Lipinski definition) is 9. The highest BCUT2D eigenvalue weighted by Gasteiger charge is 2.21. The molecule has 1 saturated heterocycles. The minimum Gasteiger partial charge on any atom is -0.438 e. The molecule has 1 aliphatic heterocycles. The number of amides is 1. The maximum Gasteiger partial charge on any atom is 0.239 e. The number of carbonyl (C=O) groups excluding carboxylic acids is 1. The number of nitrogens with two attached hydrogens (primary N) is 1. The summed E-state index contributed by atoms with van der Waals surface area (Å²) in [6.07, 6.45) is 8.53. The van der Waals surface area contributed by atoms with Crippen molar-refractivity contribution in [2.45, 2.75) is 45.8 Å². The van der Waals surface area contributed by atoms with Crippen LogP contribution in [0.2, 0.25) is 0 Å². The Balaban J connectivity index is 1.31. The Morgan fingerprint density at radius 3 is 2.75 bits per heavy atom. The summed E-state index contributed by atoms with van der Waals surface area (Å²) in [7, 11) is 0. The summed E-state index contributed by atoms with van der Waals surface area (Å²) in [5.41, 5.74) is 8.89. The van der Waals surface area contributed by atoms with Crippen molar-refractivity contribution in [3.63, 3.8) is 0 Å². The zero-order chi connectivity index (χ0) is 25.5. The van der Waals surface area contributed by atoms with Gasteiger partial charge in [-0.15, -0.1) is 5.10 Å². The molecule has 0 spiro atoms. The van der Waals surface area contributed by atoms with Crippen LogP contribution in [0.15, 0.2) is 36.7 Å². The lowest BCUT2D eigenvalue weighted by atomic mass is 10.1. The second-order valence-corrected chi connectivity index (χ2v) is 8.84. The van der Waals surface area contributed by atoms with Gasteiger partial charge in [0.25, 0.3) is 0 Å². The lowest BCUT2D eigenvalue weighted by molar-refractivity contribution is -0.118. The Morgan fingerprint density at radius 1 is 1.31 bits per heavy atom. The molecular weight excluding hydrogens is 458 g/mol. The lowest BCUT2D eigenvalue weighted by Crippen LogP contribution is -2.39. The molecule has 0 bridgehead atoms. The van der Waals surface area contributed by atoms with Gasteiger partial charge >= 0.3 is 0 Å². The highest BCUT2D eigenvalue weighted by Crippen LogP contribution is 2.30. The number of nitriles is 1. The van der Waals surface area contributed by atoms with Crippen LogP contribution >= 0.6 is 0 Å². The molecule has 1 amide bonds. The number of nitrogens with one attached hydrogen (secondary N) is 1. The molecule has 3 heterocycles. The number of likely N-dealkylation sites (tertiary alicyclic amines) is 1. The maximum atomic E-state index is 11.0. The third kappa shape index (κ3) is 6.64. The summed E-state index contributed by atoms with van der Waals surface area (Å²) in [6, 6.07) is 7.94. The summed E-state index contributed by atoms with van der Waals surface area (Å²) in [5.74, 6) is 1.30. The molecule has 2 aromatic heterocycles. The first-order valence-corrected chi connectivity index (χ1v) is 11.7. The number of allylic oxidation sites excluding steroid dienone is 1. The highest BCUT2D eigenvalue weighted by molar-refractivity contribution is 5.73. The molecule has 11 heteroatoms. The molecule has 0 saturated carbocycles. The van der Waals surface area contributed by atoms with Crippen LogP contribution in [0.1, 0.15) is 35.2 Å². The number of aromatic nitrogens is 5. The Kier molecular flexibility index (Phi) is 7.87. The molecule has 1 aromatic carbocycles. The van der Waals surface area contributed by atoms with E-state index in [2.05, 4.69) is 30.5 Å². The predicted octanol–water partition coefficient (Wildman–Crippen LogP) is 2.58. The van der Waals surface area contributed by atoms with Gasteiger partial charge < -0.3 is 15.8 Å². The topological polar surface area (TPSA) is 148 Å². The number of carbonyl (C=O) groups is 1. The number of nitrogens with zero attached hydrogens (tertiary/aromatic N) is 7. The SMILES string of the molecule is Cc1cc(/C=C/C#N)cc(C)c1Oc1ccnc(NC2CCN(Cc3cn(CC(N)=O)nn3)CC2)n1. The van der Waals surface area contributed by atoms with Crippen LogP contribution in [0.3, 0.4) is 0 Å². The Labute approximate surface area is 209 Å². The molecule has 3 N–H and O–H groups in total. The van der Waals surface area contributed by atoms with E-state index in [0.29, 0.717) is 18.4 Å². The van der Waals surface area contributed by atoms with Gasteiger partial charge in [0.05, 0.1) is 18.0 Å². The van der Waals surface area contributed by atoms with Crippen molar-refractivity contribution in [3.05, 3.63) is 59.1 Å². The van der Waals surface area contributed by atoms with E-state index in [-0.39, 0.29) is 12.6 Å². The van der Waals surface area contributed by atoms with E-state index < -0.39 is 5.91 Å². The van der Waals surface area contributed by atoms with Crippen LogP contribution in [0.25, 0.3) is 6.08 Å². The summed E-state index contributed by atoms with van der Waals surface area (Å²) < 4.78 is 7.57. The normalized spacial score (nSPS) is 14.6. The number of primary amides is 1. The number of aryl methyl sites for hydroxylation is 2. The van der Waals surface area contributed by atoms with Crippen molar-refractivity contribution in [2.75, 3.05) is 18.4 Å². The van der Waals surface area contributed by atoms with Crippen LogP contribution < -0.4 is 15.8 Å². The number of rotatable bonds is 9. The molecule has 11 nitrogen and oxygen atoms in total. The van der Waals surface area contributed by atoms with Gasteiger partial charge in [-0.3, -0.25) is 9.69 Å². The Bertz CT molecular complexity index is 1260. The largest absolute Gasteiger partial charge is 0.438 e. The van der Waals surface area contributed by atoms with Gasteiger partial charge in [-0.2, -0.15) is 10.2 Å². The molecule has 0 aliphatic carbocycles. The number of hydrogen-bond donors (Lipinski definition) is 2. The zero-order valence-corrected chi connectivity index (χ0v) is 20.4. The quantitative estimate of drug-likeness (QED) is 0.434. The van der Waals surface area contributed by atoms with Gasteiger partial charge in [-0.1, -0.05) is 5.21 Å². The van der Waals surface area contributed by atoms with E-state index in [4.69, 9.17) is 15.7 Å².